The molecule has 0 spiro atoms. The highest BCUT2D eigenvalue weighted by Gasteiger charge is 2.14. The summed E-state index contributed by atoms with van der Waals surface area (Å²) in [5, 5.41) is 12.6. The van der Waals surface area contributed by atoms with Gasteiger partial charge in [-0.3, -0.25) is 15.1 Å². The monoisotopic (exact) mass is 223 g/mol. The maximum Gasteiger partial charge on any atom is 0.272 e. The van der Waals surface area contributed by atoms with Crippen LogP contribution in [0, 0.1) is 17.0 Å². The zero-order valence-electron chi connectivity index (χ0n) is 10.0. The maximum absolute atomic E-state index is 10.8. The van der Waals surface area contributed by atoms with Crippen LogP contribution in [0.1, 0.15) is 24.1 Å². The molecule has 0 aromatic heterocycles. The van der Waals surface area contributed by atoms with Crippen molar-refractivity contribution < 1.29 is 4.92 Å². The molecular formula is C11H17N3O2. The van der Waals surface area contributed by atoms with Crippen LogP contribution >= 0.6 is 0 Å². The van der Waals surface area contributed by atoms with E-state index in [2.05, 4.69) is 5.43 Å². The second-order valence-corrected chi connectivity index (χ2v) is 4.05. The number of hydrogen-bond acceptors (Lipinski definition) is 4. The molecule has 1 rings (SSSR count). The van der Waals surface area contributed by atoms with E-state index in [1.54, 1.807) is 19.1 Å². The zero-order valence-corrected chi connectivity index (χ0v) is 10.0. The number of nitro benzene ring substituents is 1. The lowest BCUT2D eigenvalue weighted by Crippen LogP contribution is -2.32. The van der Waals surface area contributed by atoms with Gasteiger partial charge in [-0.1, -0.05) is 12.1 Å². The summed E-state index contributed by atoms with van der Waals surface area (Å²) in [6.45, 7) is 3.71. The van der Waals surface area contributed by atoms with Crippen LogP contribution in [0.3, 0.4) is 0 Å². The number of aryl methyl sites for hydroxylation is 1. The molecule has 0 aliphatic carbocycles. The van der Waals surface area contributed by atoms with Crippen LogP contribution in [0.15, 0.2) is 18.2 Å². The summed E-state index contributed by atoms with van der Waals surface area (Å²) in [7, 11) is 3.78. The zero-order chi connectivity index (χ0) is 12.3. The molecule has 5 heteroatoms. The van der Waals surface area contributed by atoms with Gasteiger partial charge < -0.3 is 0 Å². The van der Waals surface area contributed by atoms with Crippen molar-refractivity contribution in [3.8, 4) is 0 Å². The van der Waals surface area contributed by atoms with Gasteiger partial charge in [0.15, 0.2) is 0 Å². The number of hydrogen-bond donors (Lipinski definition) is 1. The van der Waals surface area contributed by atoms with Crippen molar-refractivity contribution in [2.75, 3.05) is 14.1 Å². The Balaban J connectivity index is 2.98. The van der Waals surface area contributed by atoms with Crippen molar-refractivity contribution in [3.05, 3.63) is 39.4 Å². The van der Waals surface area contributed by atoms with Gasteiger partial charge in [-0.2, -0.15) is 0 Å². The first-order valence-corrected chi connectivity index (χ1v) is 5.10. The molecule has 1 aromatic carbocycles. The average Bonchev–Trinajstić information content (AvgIpc) is 2.16. The first-order valence-electron chi connectivity index (χ1n) is 5.10. The standard InChI is InChI=1S/C11H17N3O2/c1-8-5-6-10(7-11(8)14(15)16)9(2)12-13(3)4/h5-7,9,12H,1-4H3. The number of benzene rings is 1. The van der Waals surface area contributed by atoms with Gasteiger partial charge in [0.05, 0.1) is 4.92 Å². The fraction of sp³-hybridized carbons (Fsp3) is 0.455. The molecule has 0 aliphatic heterocycles. The summed E-state index contributed by atoms with van der Waals surface area (Å²) in [6.07, 6.45) is 0. The number of nitrogens with zero attached hydrogens (tertiary/aromatic N) is 2. The molecule has 0 bridgehead atoms. The van der Waals surface area contributed by atoms with E-state index < -0.39 is 0 Å². The normalized spacial score (nSPS) is 12.8. The van der Waals surface area contributed by atoms with Crippen LogP contribution in [0.25, 0.3) is 0 Å². The van der Waals surface area contributed by atoms with Gasteiger partial charge in [-0.25, -0.2) is 5.43 Å². The Bertz CT molecular complexity index is 391. The highest BCUT2D eigenvalue weighted by molar-refractivity contribution is 5.43. The van der Waals surface area contributed by atoms with Gasteiger partial charge in [-0.15, -0.1) is 0 Å². The van der Waals surface area contributed by atoms with Crippen molar-refractivity contribution in [2.45, 2.75) is 19.9 Å². The second-order valence-electron chi connectivity index (χ2n) is 4.05. The molecular weight excluding hydrogens is 206 g/mol. The molecule has 1 aromatic rings. The summed E-state index contributed by atoms with van der Waals surface area (Å²) in [5.41, 5.74) is 4.92. The summed E-state index contributed by atoms with van der Waals surface area (Å²) in [4.78, 5) is 10.4. The van der Waals surface area contributed by atoms with Gasteiger partial charge in [0.2, 0.25) is 0 Å². The first kappa shape index (κ1) is 12.6. The number of nitro groups is 1. The molecule has 0 saturated carbocycles. The molecule has 1 unspecified atom stereocenters. The predicted octanol–water partition coefficient (Wildman–Crippen LogP) is 2.03. The SMILES string of the molecule is Cc1ccc(C(C)NN(C)C)cc1[N+](=O)[O-]. The minimum Gasteiger partial charge on any atom is -0.258 e. The minimum atomic E-state index is -0.346. The molecule has 0 saturated heterocycles. The number of nitrogens with one attached hydrogen (secondary N) is 1. The minimum absolute atomic E-state index is 0.0503. The third kappa shape index (κ3) is 3.01. The third-order valence-electron chi connectivity index (χ3n) is 2.38. The summed E-state index contributed by atoms with van der Waals surface area (Å²) < 4.78 is 0. The molecule has 88 valence electrons. The van der Waals surface area contributed by atoms with Gasteiger partial charge in [0.25, 0.3) is 5.69 Å². The number of rotatable bonds is 4. The van der Waals surface area contributed by atoms with Crippen LogP contribution in [0.5, 0.6) is 0 Å². The van der Waals surface area contributed by atoms with E-state index in [4.69, 9.17) is 0 Å². The summed E-state index contributed by atoms with van der Waals surface area (Å²) in [6, 6.07) is 5.36. The predicted molar refractivity (Wildman–Crippen MR) is 63.1 cm³/mol. The lowest BCUT2D eigenvalue weighted by Gasteiger charge is -2.19. The Morgan fingerprint density at radius 3 is 2.56 bits per heavy atom. The molecule has 5 nitrogen and oxygen atoms in total. The average molecular weight is 223 g/mol. The number of hydrazine groups is 1. The van der Waals surface area contributed by atoms with Gasteiger partial charge >= 0.3 is 0 Å². The lowest BCUT2D eigenvalue weighted by atomic mass is 10.1. The van der Waals surface area contributed by atoms with E-state index >= 15 is 0 Å². The van der Waals surface area contributed by atoms with Gasteiger partial charge in [0, 0.05) is 31.8 Å². The molecule has 0 aliphatic rings. The van der Waals surface area contributed by atoms with Crippen LogP contribution in [-0.4, -0.2) is 24.0 Å². The lowest BCUT2D eigenvalue weighted by molar-refractivity contribution is -0.385. The van der Waals surface area contributed by atoms with Crippen molar-refractivity contribution >= 4 is 5.69 Å². The Morgan fingerprint density at radius 2 is 2.06 bits per heavy atom. The van der Waals surface area contributed by atoms with Gasteiger partial charge in [-0.05, 0) is 19.4 Å². The van der Waals surface area contributed by atoms with E-state index in [1.165, 1.54) is 0 Å². The molecule has 1 N–H and O–H groups in total. The maximum atomic E-state index is 10.8. The summed E-state index contributed by atoms with van der Waals surface area (Å²) in [5.74, 6) is 0. The van der Waals surface area contributed by atoms with Crippen LogP contribution in [0.2, 0.25) is 0 Å². The quantitative estimate of drug-likeness (QED) is 0.626. The van der Waals surface area contributed by atoms with E-state index in [9.17, 15) is 10.1 Å². The van der Waals surface area contributed by atoms with Crippen molar-refractivity contribution in [3.63, 3.8) is 0 Å². The molecule has 1 atom stereocenters. The molecule has 0 radical (unpaired) electrons. The van der Waals surface area contributed by atoms with Crippen LogP contribution in [-0.2, 0) is 0 Å². The largest absolute Gasteiger partial charge is 0.272 e. The Morgan fingerprint density at radius 1 is 1.44 bits per heavy atom. The smallest absolute Gasteiger partial charge is 0.258 e. The topological polar surface area (TPSA) is 58.4 Å². The van der Waals surface area contributed by atoms with E-state index in [-0.39, 0.29) is 16.7 Å². The van der Waals surface area contributed by atoms with Crippen LogP contribution < -0.4 is 5.43 Å². The van der Waals surface area contributed by atoms with Crippen molar-refractivity contribution in [1.29, 1.82) is 0 Å². The second kappa shape index (κ2) is 5.05. The van der Waals surface area contributed by atoms with E-state index in [0.29, 0.717) is 5.56 Å². The fourth-order valence-electron chi connectivity index (χ4n) is 1.55. The third-order valence-corrected chi connectivity index (χ3v) is 2.38. The summed E-state index contributed by atoms with van der Waals surface area (Å²) >= 11 is 0. The van der Waals surface area contributed by atoms with Crippen molar-refractivity contribution in [2.24, 2.45) is 0 Å². The molecule has 0 heterocycles. The first-order chi connectivity index (χ1) is 7.41. The Labute approximate surface area is 95.2 Å². The van der Waals surface area contributed by atoms with E-state index in [0.717, 1.165) is 5.56 Å². The fourth-order valence-corrected chi connectivity index (χ4v) is 1.55. The Hall–Kier alpha value is -1.46. The van der Waals surface area contributed by atoms with E-state index in [1.807, 2.05) is 32.1 Å². The highest BCUT2D eigenvalue weighted by atomic mass is 16.6. The molecule has 16 heavy (non-hydrogen) atoms. The Kier molecular flexibility index (Phi) is 3.98. The molecule has 0 amide bonds. The molecule has 0 fully saturated rings. The van der Waals surface area contributed by atoms with Gasteiger partial charge in [0.1, 0.15) is 0 Å². The van der Waals surface area contributed by atoms with Crippen LogP contribution in [0.4, 0.5) is 5.69 Å². The van der Waals surface area contributed by atoms with Crippen molar-refractivity contribution in [1.82, 2.24) is 10.4 Å². The highest BCUT2D eigenvalue weighted by Crippen LogP contribution is 2.23.